The zero-order chi connectivity index (χ0) is 13.0. The highest BCUT2D eigenvalue weighted by Gasteiger charge is 2.58. The van der Waals surface area contributed by atoms with Crippen LogP contribution >= 0.6 is 0 Å². The van der Waals surface area contributed by atoms with E-state index in [1.54, 1.807) is 0 Å². The fourth-order valence-corrected chi connectivity index (χ4v) is 4.51. The van der Waals surface area contributed by atoms with Crippen LogP contribution in [-0.4, -0.2) is 11.2 Å². The lowest BCUT2D eigenvalue weighted by atomic mass is 9.68. The molecule has 3 nitrogen and oxygen atoms in total. The Hall–Kier alpha value is -0.830. The lowest BCUT2D eigenvalue weighted by Gasteiger charge is -2.43. The second-order valence-electron chi connectivity index (χ2n) is 7.16. The highest BCUT2D eigenvalue weighted by Crippen LogP contribution is 2.62. The Balaban J connectivity index is 1.72. The van der Waals surface area contributed by atoms with E-state index in [0.717, 1.165) is 23.9 Å². The number of nitrogens with one attached hydrogen (secondary N) is 1. The van der Waals surface area contributed by atoms with Gasteiger partial charge in [-0.05, 0) is 42.9 Å². The van der Waals surface area contributed by atoms with Crippen LogP contribution in [0, 0.1) is 23.7 Å². The van der Waals surface area contributed by atoms with Crippen molar-refractivity contribution < 1.29 is 4.52 Å². The maximum absolute atomic E-state index is 5.29. The fraction of sp³-hybridized carbons (Fsp3) is 0.800. The van der Waals surface area contributed by atoms with E-state index in [-0.39, 0.29) is 0 Å². The average molecular weight is 248 g/mol. The van der Waals surface area contributed by atoms with Gasteiger partial charge in [0, 0.05) is 12.1 Å². The molecule has 0 amide bonds. The minimum absolute atomic E-state index is 0.405. The molecule has 1 N–H and O–H groups in total. The summed E-state index contributed by atoms with van der Waals surface area (Å²) in [6, 6.07) is 2.62. The van der Waals surface area contributed by atoms with Crippen LogP contribution in [0.25, 0.3) is 0 Å². The van der Waals surface area contributed by atoms with Crippen molar-refractivity contribution >= 4 is 0 Å². The van der Waals surface area contributed by atoms with E-state index >= 15 is 0 Å². The van der Waals surface area contributed by atoms with Crippen molar-refractivity contribution in [3.05, 3.63) is 17.5 Å². The lowest BCUT2D eigenvalue weighted by molar-refractivity contribution is 0.105. The van der Waals surface area contributed by atoms with E-state index in [0.29, 0.717) is 16.9 Å². The Morgan fingerprint density at radius 3 is 2.78 bits per heavy atom. The summed E-state index contributed by atoms with van der Waals surface area (Å²) in [5, 5.41) is 7.69. The molecular formula is C15H24N2O. The molecule has 3 atom stereocenters. The highest BCUT2D eigenvalue weighted by atomic mass is 16.5. The quantitative estimate of drug-likeness (QED) is 0.892. The Bertz CT molecular complexity index is 446. The Kier molecular flexibility index (Phi) is 2.60. The normalized spacial score (nSPS) is 37.3. The predicted octanol–water partition coefficient (Wildman–Crippen LogP) is 3.29. The molecule has 3 heteroatoms. The summed E-state index contributed by atoms with van der Waals surface area (Å²) in [6.45, 7) is 10.1. The van der Waals surface area contributed by atoms with Gasteiger partial charge >= 0.3 is 0 Å². The number of fused-ring (bicyclic) bond motifs is 2. The molecule has 3 unspecified atom stereocenters. The van der Waals surface area contributed by atoms with E-state index in [4.69, 9.17) is 4.52 Å². The lowest BCUT2D eigenvalue weighted by Crippen LogP contribution is -2.49. The van der Waals surface area contributed by atoms with Crippen molar-refractivity contribution in [3.8, 4) is 0 Å². The highest BCUT2D eigenvalue weighted by molar-refractivity contribution is 5.13. The summed E-state index contributed by atoms with van der Waals surface area (Å²) in [5.74, 6) is 1.84. The van der Waals surface area contributed by atoms with Crippen molar-refractivity contribution in [1.29, 1.82) is 0 Å². The van der Waals surface area contributed by atoms with Crippen molar-refractivity contribution in [2.75, 3.05) is 0 Å². The summed E-state index contributed by atoms with van der Waals surface area (Å²) >= 11 is 0. The minimum atomic E-state index is 0.405. The van der Waals surface area contributed by atoms with Crippen molar-refractivity contribution in [3.63, 3.8) is 0 Å². The van der Waals surface area contributed by atoms with E-state index in [9.17, 15) is 0 Å². The second kappa shape index (κ2) is 3.83. The SMILES string of the molecule is Cc1cc(CNC2C3(C)CCC(C3)C2(C)C)on1. The number of rotatable bonds is 3. The molecule has 3 rings (SSSR count). The number of aromatic nitrogens is 1. The van der Waals surface area contributed by atoms with Gasteiger partial charge in [0.05, 0.1) is 12.2 Å². The third kappa shape index (κ3) is 1.71. The molecule has 18 heavy (non-hydrogen) atoms. The first kappa shape index (κ1) is 12.2. The van der Waals surface area contributed by atoms with Crippen LogP contribution in [-0.2, 0) is 6.54 Å². The van der Waals surface area contributed by atoms with Crippen LogP contribution in [0.1, 0.15) is 51.5 Å². The van der Waals surface area contributed by atoms with Crippen LogP contribution in [0.15, 0.2) is 10.6 Å². The summed E-state index contributed by atoms with van der Waals surface area (Å²) in [5.41, 5.74) is 1.84. The van der Waals surface area contributed by atoms with Crippen molar-refractivity contribution in [2.45, 2.75) is 59.5 Å². The minimum Gasteiger partial charge on any atom is -0.360 e. The van der Waals surface area contributed by atoms with E-state index in [1.165, 1.54) is 19.3 Å². The summed E-state index contributed by atoms with van der Waals surface area (Å²) in [6.07, 6.45) is 4.16. The summed E-state index contributed by atoms with van der Waals surface area (Å²) in [4.78, 5) is 0. The van der Waals surface area contributed by atoms with E-state index in [2.05, 4.69) is 31.2 Å². The first-order valence-corrected chi connectivity index (χ1v) is 7.07. The van der Waals surface area contributed by atoms with Gasteiger partial charge < -0.3 is 9.84 Å². The molecule has 2 aliphatic rings. The first-order valence-electron chi connectivity index (χ1n) is 7.07. The van der Waals surface area contributed by atoms with E-state index in [1.807, 2.05) is 13.0 Å². The molecule has 2 bridgehead atoms. The molecule has 1 aromatic rings. The van der Waals surface area contributed by atoms with Gasteiger partial charge in [-0.2, -0.15) is 0 Å². The van der Waals surface area contributed by atoms with Gasteiger partial charge in [0.1, 0.15) is 0 Å². The molecule has 2 aliphatic carbocycles. The van der Waals surface area contributed by atoms with Crippen LogP contribution in [0.3, 0.4) is 0 Å². The van der Waals surface area contributed by atoms with Crippen molar-refractivity contribution in [2.24, 2.45) is 16.7 Å². The fourth-order valence-electron chi connectivity index (χ4n) is 4.51. The van der Waals surface area contributed by atoms with E-state index < -0.39 is 0 Å². The third-order valence-electron chi connectivity index (χ3n) is 5.43. The maximum atomic E-state index is 5.29. The molecule has 0 spiro atoms. The van der Waals surface area contributed by atoms with Gasteiger partial charge in [0.25, 0.3) is 0 Å². The molecule has 0 aromatic carbocycles. The number of aryl methyl sites for hydroxylation is 1. The summed E-state index contributed by atoms with van der Waals surface area (Å²) in [7, 11) is 0. The van der Waals surface area contributed by atoms with Crippen LogP contribution in [0.5, 0.6) is 0 Å². The standard InChI is InChI=1S/C15H24N2O/c1-10-7-12(18-17-10)9-16-13-14(2,3)11-5-6-15(13,4)8-11/h7,11,13,16H,5-6,8-9H2,1-4H3. The topological polar surface area (TPSA) is 38.1 Å². The Morgan fingerprint density at radius 1 is 1.44 bits per heavy atom. The molecular weight excluding hydrogens is 224 g/mol. The van der Waals surface area contributed by atoms with Gasteiger partial charge in [-0.3, -0.25) is 0 Å². The molecule has 0 radical (unpaired) electrons. The van der Waals surface area contributed by atoms with Crippen molar-refractivity contribution in [1.82, 2.24) is 10.5 Å². The van der Waals surface area contributed by atoms with Crippen LogP contribution in [0.4, 0.5) is 0 Å². The second-order valence-corrected chi connectivity index (χ2v) is 7.16. The smallest absolute Gasteiger partial charge is 0.150 e. The number of nitrogens with zero attached hydrogens (tertiary/aromatic N) is 1. The Labute approximate surface area is 109 Å². The maximum Gasteiger partial charge on any atom is 0.150 e. The Morgan fingerprint density at radius 2 is 2.22 bits per heavy atom. The number of hydrogen-bond donors (Lipinski definition) is 1. The molecule has 2 fully saturated rings. The number of hydrogen-bond acceptors (Lipinski definition) is 3. The molecule has 100 valence electrons. The van der Waals surface area contributed by atoms with Crippen LogP contribution in [0.2, 0.25) is 0 Å². The van der Waals surface area contributed by atoms with Gasteiger partial charge in [0.15, 0.2) is 5.76 Å². The van der Waals surface area contributed by atoms with Gasteiger partial charge in [-0.25, -0.2) is 0 Å². The third-order valence-corrected chi connectivity index (χ3v) is 5.43. The largest absolute Gasteiger partial charge is 0.360 e. The molecule has 0 aliphatic heterocycles. The predicted molar refractivity (Wildman–Crippen MR) is 71.1 cm³/mol. The zero-order valence-electron chi connectivity index (χ0n) is 11.9. The summed E-state index contributed by atoms with van der Waals surface area (Å²) < 4.78 is 5.29. The molecule has 1 heterocycles. The monoisotopic (exact) mass is 248 g/mol. The average Bonchev–Trinajstić information content (AvgIpc) is 2.89. The molecule has 1 aromatic heterocycles. The molecule has 2 saturated carbocycles. The van der Waals surface area contributed by atoms with Gasteiger partial charge in [-0.15, -0.1) is 0 Å². The molecule has 0 saturated heterocycles. The van der Waals surface area contributed by atoms with Gasteiger partial charge in [0.2, 0.25) is 0 Å². The first-order chi connectivity index (χ1) is 8.42. The van der Waals surface area contributed by atoms with Gasteiger partial charge in [-0.1, -0.05) is 25.9 Å². The van der Waals surface area contributed by atoms with Crippen LogP contribution < -0.4 is 5.32 Å². The zero-order valence-corrected chi connectivity index (χ0v) is 11.9.